The van der Waals surface area contributed by atoms with Gasteiger partial charge in [-0.1, -0.05) is 25.3 Å². The number of methoxy groups -OCH3 is 1. The van der Waals surface area contributed by atoms with Crippen molar-refractivity contribution in [2.45, 2.75) is 51.4 Å². The largest absolute Gasteiger partial charge is 0.496 e. The minimum atomic E-state index is 0.208. The summed E-state index contributed by atoms with van der Waals surface area (Å²) < 4.78 is 5.40. The van der Waals surface area contributed by atoms with E-state index in [1.807, 2.05) is 0 Å². The maximum atomic E-state index is 6.13. The Kier molecular flexibility index (Phi) is 3.96. The average molecular weight is 247 g/mol. The molecular formula is C16H25NO. The molecule has 0 saturated heterocycles. The first-order chi connectivity index (χ1) is 8.64. The topological polar surface area (TPSA) is 35.2 Å². The minimum absolute atomic E-state index is 0.208. The second-order valence-corrected chi connectivity index (χ2v) is 5.61. The number of ether oxygens (including phenoxy) is 1. The standard InChI is InChI=1S/C16H25NO/c1-12-13(2)15(18-3)8-7-14(12)16(11-17)9-5-4-6-10-16/h7-8H,4-6,9-11,17H2,1-3H3. The molecule has 0 unspecified atom stereocenters. The molecule has 0 bridgehead atoms. The van der Waals surface area contributed by atoms with Crippen LogP contribution >= 0.6 is 0 Å². The third-order valence-electron chi connectivity index (χ3n) is 4.73. The van der Waals surface area contributed by atoms with Gasteiger partial charge >= 0.3 is 0 Å². The third-order valence-corrected chi connectivity index (χ3v) is 4.73. The molecule has 1 aromatic carbocycles. The highest BCUT2D eigenvalue weighted by atomic mass is 16.5. The van der Waals surface area contributed by atoms with Crippen molar-refractivity contribution in [3.05, 3.63) is 28.8 Å². The molecule has 2 N–H and O–H groups in total. The molecule has 1 fully saturated rings. The van der Waals surface area contributed by atoms with Crippen molar-refractivity contribution in [3.63, 3.8) is 0 Å². The molecule has 1 aliphatic rings. The van der Waals surface area contributed by atoms with Crippen LogP contribution in [-0.4, -0.2) is 13.7 Å². The third kappa shape index (κ3) is 2.14. The van der Waals surface area contributed by atoms with Gasteiger partial charge < -0.3 is 10.5 Å². The molecule has 0 spiro atoms. The van der Waals surface area contributed by atoms with Gasteiger partial charge in [-0.3, -0.25) is 0 Å². The van der Waals surface area contributed by atoms with Gasteiger partial charge in [0.1, 0.15) is 5.75 Å². The van der Waals surface area contributed by atoms with E-state index in [2.05, 4.69) is 26.0 Å². The van der Waals surface area contributed by atoms with E-state index in [0.29, 0.717) is 0 Å². The van der Waals surface area contributed by atoms with Gasteiger partial charge in [0, 0.05) is 12.0 Å². The molecule has 2 rings (SSSR count). The fourth-order valence-electron chi connectivity index (χ4n) is 3.40. The zero-order valence-corrected chi connectivity index (χ0v) is 11.9. The van der Waals surface area contributed by atoms with Crippen molar-refractivity contribution in [1.82, 2.24) is 0 Å². The Bertz CT molecular complexity index is 419. The van der Waals surface area contributed by atoms with Crippen molar-refractivity contribution in [1.29, 1.82) is 0 Å². The number of hydrogen-bond acceptors (Lipinski definition) is 2. The molecule has 0 radical (unpaired) electrons. The van der Waals surface area contributed by atoms with Crippen LogP contribution < -0.4 is 10.5 Å². The van der Waals surface area contributed by atoms with Gasteiger partial charge in [-0.2, -0.15) is 0 Å². The molecule has 100 valence electrons. The van der Waals surface area contributed by atoms with Crippen molar-refractivity contribution in [3.8, 4) is 5.75 Å². The molecule has 18 heavy (non-hydrogen) atoms. The van der Waals surface area contributed by atoms with Crippen molar-refractivity contribution in [2.75, 3.05) is 13.7 Å². The molecule has 1 aromatic rings. The molecule has 0 aliphatic heterocycles. The van der Waals surface area contributed by atoms with E-state index >= 15 is 0 Å². The Balaban J connectivity index is 2.46. The van der Waals surface area contributed by atoms with Crippen LogP contribution in [0.4, 0.5) is 0 Å². The quantitative estimate of drug-likeness (QED) is 0.887. The lowest BCUT2D eigenvalue weighted by Gasteiger charge is -2.38. The first kappa shape index (κ1) is 13.4. The summed E-state index contributed by atoms with van der Waals surface area (Å²) >= 11 is 0. The fraction of sp³-hybridized carbons (Fsp3) is 0.625. The van der Waals surface area contributed by atoms with Crippen LogP contribution in [0.3, 0.4) is 0 Å². The van der Waals surface area contributed by atoms with E-state index < -0.39 is 0 Å². The lowest BCUT2D eigenvalue weighted by molar-refractivity contribution is 0.299. The van der Waals surface area contributed by atoms with Gasteiger partial charge in [0.05, 0.1) is 7.11 Å². The van der Waals surface area contributed by atoms with Gasteiger partial charge in [-0.05, 0) is 49.4 Å². The number of benzene rings is 1. The van der Waals surface area contributed by atoms with Crippen LogP contribution in [0, 0.1) is 13.8 Å². The highest BCUT2D eigenvalue weighted by Gasteiger charge is 2.34. The summed E-state index contributed by atoms with van der Waals surface area (Å²) in [5, 5.41) is 0. The summed E-state index contributed by atoms with van der Waals surface area (Å²) in [5.74, 6) is 0.985. The molecule has 0 atom stereocenters. The SMILES string of the molecule is COc1ccc(C2(CN)CCCCC2)c(C)c1C. The van der Waals surface area contributed by atoms with Crippen LogP contribution in [-0.2, 0) is 5.41 Å². The summed E-state index contributed by atoms with van der Waals surface area (Å²) in [6.45, 7) is 5.11. The molecule has 0 aromatic heterocycles. The highest BCUT2D eigenvalue weighted by Crippen LogP contribution is 2.41. The maximum absolute atomic E-state index is 6.13. The van der Waals surface area contributed by atoms with Crippen LogP contribution in [0.25, 0.3) is 0 Å². The first-order valence-corrected chi connectivity index (χ1v) is 6.99. The Labute approximate surface area is 111 Å². The second-order valence-electron chi connectivity index (χ2n) is 5.61. The molecule has 1 saturated carbocycles. The molecule has 0 heterocycles. The summed E-state index contributed by atoms with van der Waals surface area (Å²) in [6.07, 6.45) is 6.44. The molecule has 2 heteroatoms. The van der Waals surface area contributed by atoms with Crippen molar-refractivity contribution in [2.24, 2.45) is 5.73 Å². The summed E-state index contributed by atoms with van der Waals surface area (Å²) in [6, 6.07) is 4.34. The predicted molar refractivity (Wildman–Crippen MR) is 76.3 cm³/mol. The number of rotatable bonds is 3. The van der Waals surface area contributed by atoms with E-state index in [9.17, 15) is 0 Å². The van der Waals surface area contributed by atoms with Crippen LogP contribution in [0.5, 0.6) is 5.75 Å². The first-order valence-electron chi connectivity index (χ1n) is 6.99. The van der Waals surface area contributed by atoms with Crippen LogP contribution in [0.2, 0.25) is 0 Å². The van der Waals surface area contributed by atoms with E-state index in [1.54, 1.807) is 7.11 Å². The summed E-state index contributed by atoms with van der Waals surface area (Å²) in [7, 11) is 1.74. The number of hydrogen-bond donors (Lipinski definition) is 1. The maximum Gasteiger partial charge on any atom is 0.122 e. The summed E-state index contributed by atoms with van der Waals surface area (Å²) in [5.41, 5.74) is 10.4. The molecule has 2 nitrogen and oxygen atoms in total. The van der Waals surface area contributed by atoms with Gasteiger partial charge in [-0.15, -0.1) is 0 Å². The Morgan fingerprint density at radius 3 is 2.33 bits per heavy atom. The Morgan fingerprint density at radius 1 is 1.11 bits per heavy atom. The van der Waals surface area contributed by atoms with E-state index in [0.717, 1.165) is 12.3 Å². The van der Waals surface area contributed by atoms with E-state index in [4.69, 9.17) is 10.5 Å². The minimum Gasteiger partial charge on any atom is -0.496 e. The Morgan fingerprint density at radius 2 is 1.78 bits per heavy atom. The molecule has 0 amide bonds. The van der Waals surface area contributed by atoms with Crippen molar-refractivity contribution >= 4 is 0 Å². The van der Waals surface area contributed by atoms with E-state index in [1.165, 1.54) is 48.8 Å². The molecule has 1 aliphatic carbocycles. The lowest BCUT2D eigenvalue weighted by Crippen LogP contribution is -2.37. The normalized spacial score (nSPS) is 18.7. The predicted octanol–water partition coefficient (Wildman–Crippen LogP) is 3.47. The lowest BCUT2D eigenvalue weighted by atomic mass is 9.68. The zero-order chi connectivity index (χ0) is 13.2. The summed E-state index contributed by atoms with van der Waals surface area (Å²) in [4.78, 5) is 0. The number of nitrogens with two attached hydrogens (primary N) is 1. The van der Waals surface area contributed by atoms with Gasteiger partial charge in [-0.25, -0.2) is 0 Å². The monoisotopic (exact) mass is 247 g/mol. The second kappa shape index (κ2) is 5.31. The average Bonchev–Trinajstić information content (AvgIpc) is 2.42. The fourth-order valence-corrected chi connectivity index (χ4v) is 3.40. The van der Waals surface area contributed by atoms with E-state index in [-0.39, 0.29) is 5.41 Å². The van der Waals surface area contributed by atoms with Crippen molar-refractivity contribution < 1.29 is 4.74 Å². The highest BCUT2D eigenvalue weighted by molar-refractivity contribution is 5.47. The van der Waals surface area contributed by atoms with Gasteiger partial charge in [0.25, 0.3) is 0 Å². The van der Waals surface area contributed by atoms with Crippen LogP contribution in [0.15, 0.2) is 12.1 Å². The van der Waals surface area contributed by atoms with Gasteiger partial charge in [0.2, 0.25) is 0 Å². The molecular weight excluding hydrogens is 222 g/mol. The Hall–Kier alpha value is -1.02. The van der Waals surface area contributed by atoms with Gasteiger partial charge in [0.15, 0.2) is 0 Å². The van der Waals surface area contributed by atoms with Crippen LogP contribution in [0.1, 0.15) is 48.8 Å². The zero-order valence-electron chi connectivity index (χ0n) is 11.9. The smallest absolute Gasteiger partial charge is 0.122 e.